The number of hydrogen-bond acceptors (Lipinski definition) is 6. The largest absolute Gasteiger partial charge is 0.497 e. The molecule has 1 unspecified atom stereocenters. The summed E-state index contributed by atoms with van der Waals surface area (Å²) >= 11 is 0. The van der Waals surface area contributed by atoms with Crippen LogP contribution in [-0.4, -0.2) is 47.9 Å². The summed E-state index contributed by atoms with van der Waals surface area (Å²) in [6, 6.07) is 11.0. The van der Waals surface area contributed by atoms with E-state index in [1.54, 1.807) is 14.0 Å². The van der Waals surface area contributed by atoms with Crippen LogP contribution in [0.1, 0.15) is 23.3 Å². The summed E-state index contributed by atoms with van der Waals surface area (Å²) in [7, 11) is 1.63. The number of nitrogens with zero attached hydrogens (tertiary/aromatic N) is 2. The third kappa shape index (κ3) is 3.87. The van der Waals surface area contributed by atoms with Gasteiger partial charge in [0.05, 0.1) is 7.11 Å². The Hall–Kier alpha value is -3.55. The zero-order chi connectivity index (χ0) is 20.4. The standard InChI is InChI=1S/C21H21N3O5/c1-13-20(25)22-7-8-24(13)21(26)18-11-29-19(23-18)12-28-17-6-4-14-3-5-16(27-2)9-15(14)10-17/h3-6,9-11,13H,7-8,12H2,1-2H3,(H,22,25). The van der Waals surface area contributed by atoms with Crippen molar-refractivity contribution in [3.8, 4) is 11.5 Å². The number of amides is 2. The summed E-state index contributed by atoms with van der Waals surface area (Å²) in [6.45, 7) is 2.63. The average Bonchev–Trinajstić information content (AvgIpc) is 3.22. The molecule has 4 rings (SSSR count). The molecule has 29 heavy (non-hydrogen) atoms. The number of hydrogen-bond donors (Lipinski definition) is 1. The van der Waals surface area contributed by atoms with E-state index in [1.165, 1.54) is 11.2 Å². The van der Waals surface area contributed by atoms with Gasteiger partial charge in [-0.2, -0.15) is 0 Å². The topological polar surface area (TPSA) is 93.9 Å². The van der Waals surface area contributed by atoms with Gasteiger partial charge in [0.2, 0.25) is 11.8 Å². The number of rotatable bonds is 5. The monoisotopic (exact) mass is 395 g/mol. The molecular weight excluding hydrogens is 374 g/mol. The van der Waals surface area contributed by atoms with Gasteiger partial charge in [0, 0.05) is 13.1 Å². The molecule has 0 spiro atoms. The number of oxazole rings is 1. The van der Waals surface area contributed by atoms with Crippen molar-refractivity contribution < 1.29 is 23.5 Å². The van der Waals surface area contributed by atoms with Crippen LogP contribution < -0.4 is 14.8 Å². The highest BCUT2D eigenvalue weighted by Crippen LogP contribution is 2.25. The lowest BCUT2D eigenvalue weighted by Crippen LogP contribution is -2.55. The van der Waals surface area contributed by atoms with Crippen LogP contribution in [0.25, 0.3) is 10.8 Å². The molecule has 0 radical (unpaired) electrons. The number of aromatic nitrogens is 1. The number of fused-ring (bicyclic) bond motifs is 1. The fourth-order valence-corrected chi connectivity index (χ4v) is 3.25. The molecule has 1 aliphatic heterocycles. The summed E-state index contributed by atoms with van der Waals surface area (Å²) in [5.74, 6) is 1.20. The molecule has 1 aromatic heterocycles. The molecule has 1 aliphatic rings. The van der Waals surface area contributed by atoms with Crippen LogP contribution in [0.15, 0.2) is 47.1 Å². The Morgan fingerprint density at radius 1 is 1.24 bits per heavy atom. The van der Waals surface area contributed by atoms with Crippen molar-refractivity contribution in [3.63, 3.8) is 0 Å². The van der Waals surface area contributed by atoms with Gasteiger partial charge < -0.3 is 24.1 Å². The predicted octanol–water partition coefficient (Wildman–Crippen LogP) is 2.38. The molecule has 3 aromatic rings. The number of ether oxygens (including phenoxy) is 2. The van der Waals surface area contributed by atoms with Crippen molar-refractivity contribution in [2.75, 3.05) is 20.2 Å². The van der Waals surface area contributed by atoms with Crippen molar-refractivity contribution in [1.82, 2.24) is 15.2 Å². The van der Waals surface area contributed by atoms with Gasteiger partial charge in [-0.15, -0.1) is 0 Å². The number of nitrogens with one attached hydrogen (secondary N) is 1. The van der Waals surface area contributed by atoms with E-state index in [1.807, 2.05) is 36.4 Å². The molecule has 8 heteroatoms. The lowest BCUT2D eigenvalue weighted by atomic mass is 10.1. The molecule has 0 aliphatic carbocycles. The minimum atomic E-state index is -0.540. The van der Waals surface area contributed by atoms with Crippen LogP contribution >= 0.6 is 0 Å². The Labute approximate surface area is 167 Å². The van der Waals surface area contributed by atoms with Gasteiger partial charge in [-0.05, 0) is 42.0 Å². The van der Waals surface area contributed by atoms with E-state index in [0.29, 0.717) is 18.8 Å². The van der Waals surface area contributed by atoms with Gasteiger partial charge in [-0.1, -0.05) is 12.1 Å². The molecule has 150 valence electrons. The van der Waals surface area contributed by atoms with Gasteiger partial charge >= 0.3 is 0 Å². The highest BCUT2D eigenvalue weighted by molar-refractivity contribution is 5.96. The Morgan fingerprint density at radius 3 is 2.79 bits per heavy atom. The Bertz CT molecular complexity index is 1060. The first-order valence-electron chi connectivity index (χ1n) is 9.29. The number of carbonyl (C=O) groups is 2. The van der Waals surface area contributed by atoms with E-state index < -0.39 is 6.04 Å². The highest BCUT2D eigenvalue weighted by atomic mass is 16.5. The summed E-state index contributed by atoms with van der Waals surface area (Å²) < 4.78 is 16.4. The fourth-order valence-electron chi connectivity index (χ4n) is 3.25. The normalized spacial score (nSPS) is 16.6. The van der Waals surface area contributed by atoms with Crippen LogP contribution in [0, 0.1) is 0 Å². The molecule has 1 N–H and O–H groups in total. The number of piperazine rings is 1. The van der Waals surface area contributed by atoms with E-state index in [4.69, 9.17) is 13.9 Å². The quantitative estimate of drug-likeness (QED) is 0.713. The van der Waals surface area contributed by atoms with E-state index in [-0.39, 0.29) is 30.0 Å². The first kappa shape index (κ1) is 18.8. The lowest BCUT2D eigenvalue weighted by Gasteiger charge is -2.32. The van der Waals surface area contributed by atoms with E-state index >= 15 is 0 Å². The van der Waals surface area contributed by atoms with Crippen LogP contribution in [0.3, 0.4) is 0 Å². The van der Waals surface area contributed by atoms with E-state index in [0.717, 1.165) is 16.5 Å². The lowest BCUT2D eigenvalue weighted by molar-refractivity contribution is -0.127. The number of methoxy groups -OCH3 is 1. The van der Waals surface area contributed by atoms with Crippen molar-refractivity contribution >= 4 is 22.6 Å². The SMILES string of the molecule is COc1ccc2ccc(OCc3nc(C(=O)N4CCNC(=O)C4C)co3)cc2c1. The molecule has 1 fully saturated rings. The molecule has 2 aromatic carbocycles. The maximum atomic E-state index is 12.6. The third-order valence-corrected chi connectivity index (χ3v) is 4.91. The van der Waals surface area contributed by atoms with Gasteiger partial charge in [-0.25, -0.2) is 4.98 Å². The van der Waals surface area contributed by atoms with Crippen molar-refractivity contribution in [3.05, 3.63) is 54.2 Å². The zero-order valence-corrected chi connectivity index (χ0v) is 16.2. The van der Waals surface area contributed by atoms with Gasteiger partial charge in [0.15, 0.2) is 12.3 Å². The van der Waals surface area contributed by atoms with Gasteiger partial charge in [0.1, 0.15) is 23.8 Å². The first-order valence-corrected chi connectivity index (χ1v) is 9.29. The number of carbonyl (C=O) groups excluding carboxylic acids is 2. The molecule has 0 saturated carbocycles. The molecular formula is C21H21N3O5. The second-order valence-electron chi connectivity index (χ2n) is 6.76. The van der Waals surface area contributed by atoms with E-state index in [2.05, 4.69) is 10.3 Å². The number of benzene rings is 2. The van der Waals surface area contributed by atoms with Gasteiger partial charge in [-0.3, -0.25) is 9.59 Å². The summed E-state index contributed by atoms with van der Waals surface area (Å²) in [5, 5.41) is 4.79. The zero-order valence-electron chi connectivity index (χ0n) is 16.2. The Balaban J connectivity index is 1.43. The molecule has 0 bridgehead atoms. The second kappa shape index (κ2) is 7.83. The van der Waals surface area contributed by atoms with Gasteiger partial charge in [0.25, 0.3) is 5.91 Å². The third-order valence-electron chi connectivity index (χ3n) is 4.91. The maximum absolute atomic E-state index is 12.6. The van der Waals surface area contributed by atoms with Crippen molar-refractivity contribution in [2.45, 2.75) is 19.6 Å². The van der Waals surface area contributed by atoms with Crippen molar-refractivity contribution in [1.29, 1.82) is 0 Å². The second-order valence-corrected chi connectivity index (χ2v) is 6.76. The fraction of sp³-hybridized carbons (Fsp3) is 0.286. The van der Waals surface area contributed by atoms with Crippen molar-refractivity contribution in [2.24, 2.45) is 0 Å². The van der Waals surface area contributed by atoms with Crippen LogP contribution in [-0.2, 0) is 11.4 Å². The molecule has 2 heterocycles. The minimum absolute atomic E-state index is 0.0821. The highest BCUT2D eigenvalue weighted by Gasteiger charge is 2.31. The average molecular weight is 395 g/mol. The molecule has 1 atom stereocenters. The smallest absolute Gasteiger partial charge is 0.276 e. The van der Waals surface area contributed by atoms with Crippen LogP contribution in [0.5, 0.6) is 11.5 Å². The first-order chi connectivity index (χ1) is 14.0. The molecule has 1 saturated heterocycles. The van der Waals surface area contributed by atoms with Crippen LogP contribution in [0.2, 0.25) is 0 Å². The maximum Gasteiger partial charge on any atom is 0.276 e. The summed E-state index contributed by atoms with van der Waals surface area (Å²) in [5.41, 5.74) is 0.161. The molecule has 2 amide bonds. The predicted molar refractivity (Wildman–Crippen MR) is 105 cm³/mol. The van der Waals surface area contributed by atoms with Crippen LogP contribution in [0.4, 0.5) is 0 Å². The Kier molecular flexibility index (Phi) is 5.07. The summed E-state index contributed by atoms with van der Waals surface area (Å²) in [6.07, 6.45) is 1.30. The summed E-state index contributed by atoms with van der Waals surface area (Å²) in [4.78, 5) is 30.1. The molecule has 8 nitrogen and oxygen atoms in total. The van der Waals surface area contributed by atoms with E-state index in [9.17, 15) is 9.59 Å². The minimum Gasteiger partial charge on any atom is -0.497 e. The Morgan fingerprint density at radius 2 is 2.00 bits per heavy atom.